The smallest absolute Gasteiger partial charge is 0.254 e. The molecule has 1 aliphatic heterocycles. The standard InChI is InChI=1S/C36H44N4O7S2/c1-24-13-11-12-18-28(24)20-37-34(44)32-36(3,4)48-23-40(32)35(45)31(42)29(19-26-14-7-5-8-15-26)39-33(43)30(38-25(2)41)22-49(46,47)21-27-16-9-6-10-17-27/h5-18,29-32,42H,19-23H2,1-4H3,(H,37,44)(H,38,41)(H,39,43)/t29-,30+,31-,32+/m0/s1. The average Bonchev–Trinajstić information content (AvgIpc) is 3.37. The predicted octanol–water partition coefficient (Wildman–Crippen LogP) is 2.50. The topological polar surface area (TPSA) is 162 Å². The van der Waals surface area contributed by atoms with E-state index in [1.165, 1.54) is 23.6 Å². The van der Waals surface area contributed by atoms with Gasteiger partial charge in [0.1, 0.15) is 12.1 Å². The number of aliphatic hydroxyl groups excluding tert-OH is 1. The molecule has 262 valence electrons. The molecular weight excluding hydrogens is 665 g/mol. The number of carbonyl (C=O) groups is 4. The van der Waals surface area contributed by atoms with Crippen LogP contribution in [-0.2, 0) is 47.7 Å². The van der Waals surface area contributed by atoms with E-state index in [1.54, 1.807) is 60.7 Å². The lowest BCUT2D eigenvalue weighted by Gasteiger charge is -2.33. The highest BCUT2D eigenvalue weighted by molar-refractivity contribution is 8.00. The molecule has 0 radical (unpaired) electrons. The summed E-state index contributed by atoms with van der Waals surface area (Å²) >= 11 is 1.39. The van der Waals surface area contributed by atoms with Gasteiger partial charge in [0, 0.05) is 18.2 Å². The minimum Gasteiger partial charge on any atom is -0.381 e. The Morgan fingerprint density at radius 1 is 0.918 bits per heavy atom. The number of benzene rings is 3. The Labute approximate surface area is 292 Å². The summed E-state index contributed by atoms with van der Waals surface area (Å²) in [6.07, 6.45) is -1.79. The number of amides is 4. The van der Waals surface area contributed by atoms with Crippen LogP contribution in [0.1, 0.15) is 43.0 Å². The van der Waals surface area contributed by atoms with Gasteiger partial charge in [-0.15, -0.1) is 11.8 Å². The lowest BCUT2D eigenvalue weighted by atomic mass is 9.97. The van der Waals surface area contributed by atoms with E-state index in [4.69, 9.17) is 0 Å². The molecule has 4 N–H and O–H groups in total. The van der Waals surface area contributed by atoms with Crippen molar-refractivity contribution in [3.05, 3.63) is 107 Å². The van der Waals surface area contributed by atoms with Crippen molar-refractivity contribution in [1.82, 2.24) is 20.9 Å². The molecule has 0 aliphatic carbocycles. The number of aliphatic hydroxyl groups is 1. The van der Waals surface area contributed by atoms with Crippen molar-refractivity contribution in [3.63, 3.8) is 0 Å². The molecule has 1 saturated heterocycles. The highest BCUT2D eigenvalue weighted by atomic mass is 32.2. The molecule has 0 saturated carbocycles. The summed E-state index contributed by atoms with van der Waals surface area (Å²) in [7, 11) is -3.89. The maximum absolute atomic E-state index is 14.0. The van der Waals surface area contributed by atoms with Crippen LogP contribution in [0.5, 0.6) is 0 Å². The van der Waals surface area contributed by atoms with Crippen molar-refractivity contribution >= 4 is 45.2 Å². The molecule has 4 amide bonds. The van der Waals surface area contributed by atoms with E-state index >= 15 is 0 Å². The van der Waals surface area contributed by atoms with E-state index in [1.807, 2.05) is 45.0 Å². The summed E-state index contributed by atoms with van der Waals surface area (Å²) < 4.78 is 25.6. The van der Waals surface area contributed by atoms with E-state index in [2.05, 4.69) is 16.0 Å². The second kappa shape index (κ2) is 16.5. The summed E-state index contributed by atoms with van der Waals surface area (Å²) in [6.45, 7) is 7.08. The molecule has 49 heavy (non-hydrogen) atoms. The van der Waals surface area contributed by atoms with Crippen LogP contribution in [0.4, 0.5) is 0 Å². The van der Waals surface area contributed by atoms with Gasteiger partial charge in [0.25, 0.3) is 5.91 Å². The zero-order valence-electron chi connectivity index (χ0n) is 28.1. The van der Waals surface area contributed by atoms with Gasteiger partial charge in [-0.25, -0.2) is 8.42 Å². The minimum atomic E-state index is -3.89. The molecule has 4 rings (SSSR count). The predicted molar refractivity (Wildman–Crippen MR) is 190 cm³/mol. The number of nitrogens with one attached hydrogen (secondary N) is 3. The number of hydrogen-bond acceptors (Lipinski definition) is 8. The van der Waals surface area contributed by atoms with Crippen LogP contribution in [-0.4, -0.2) is 82.7 Å². The molecule has 1 fully saturated rings. The van der Waals surface area contributed by atoms with Crippen LogP contribution in [0.3, 0.4) is 0 Å². The van der Waals surface area contributed by atoms with Gasteiger partial charge in [-0.1, -0.05) is 84.9 Å². The van der Waals surface area contributed by atoms with Crippen LogP contribution in [0, 0.1) is 6.92 Å². The number of aryl methyl sites for hydroxylation is 1. The molecule has 0 aromatic heterocycles. The van der Waals surface area contributed by atoms with E-state index < -0.39 is 62.3 Å². The summed E-state index contributed by atoms with van der Waals surface area (Å²) in [4.78, 5) is 54.7. The van der Waals surface area contributed by atoms with Gasteiger partial charge in [-0.05, 0) is 49.4 Å². The van der Waals surface area contributed by atoms with Crippen molar-refractivity contribution < 1.29 is 32.7 Å². The van der Waals surface area contributed by atoms with Crippen LogP contribution in [0.25, 0.3) is 0 Å². The number of hydrogen-bond donors (Lipinski definition) is 4. The monoisotopic (exact) mass is 708 g/mol. The average molecular weight is 709 g/mol. The Bertz CT molecular complexity index is 1740. The van der Waals surface area contributed by atoms with Gasteiger partial charge in [-0.3, -0.25) is 19.2 Å². The Kier molecular flexibility index (Phi) is 12.6. The Morgan fingerprint density at radius 3 is 2.12 bits per heavy atom. The van der Waals surface area contributed by atoms with Gasteiger partial charge >= 0.3 is 0 Å². The second-order valence-corrected chi connectivity index (χ2v) is 16.5. The number of carbonyl (C=O) groups excluding carboxylic acids is 4. The van der Waals surface area contributed by atoms with Gasteiger partial charge in [-0.2, -0.15) is 0 Å². The fraction of sp³-hybridized carbons (Fsp3) is 0.389. The zero-order valence-corrected chi connectivity index (χ0v) is 29.7. The van der Waals surface area contributed by atoms with E-state index in [0.29, 0.717) is 11.1 Å². The molecular formula is C36H44N4O7S2. The Hall–Kier alpha value is -4.20. The first-order chi connectivity index (χ1) is 23.2. The summed E-state index contributed by atoms with van der Waals surface area (Å²) in [6, 6.07) is 21.3. The van der Waals surface area contributed by atoms with Gasteiger partial charge < -0.3 is 26.0 Å². The van der Waals surface area contributed by atoms with E-state index in [-0.39, 0.29) is 30.5 Å². The third-order valence-corrected chi connectivity index (χ3v) is 11.4. The van der Waals surface area contributed by atoms with Crippen LogP contribution < -0.4 is 16.0 Å². The van der Waals surface area contributed by atoms with Crippen LogP contribution in [0.15, 0.2) is 84.9 Å². The van der Waals surface area contributed by atoms with Crippen LogP contribution in [0.2, 0.25) is 0 Å². The maximum atomic E-state index is 14.0. The molecule has 13 heteroatoms. The normalized spacial score (nSPS) is 17.4. The number of sulfone groups is 1. The lowest BCUT2D eigenvalue weighted by Crippen LogP contribution is -2.60. The lowest BCUT2D eigenvalue weighted by molar-refractivity contribution is -0.148. The number of rotatable bonds is 14. The first-order valence-corrected chi connectivity index (χ1v) is 18.8. The van der Waals surface area contributed by atoms with E-state index in [9.17, 15) is 32.7 Å². The van der Waals surface area contributed by atoms with Gasteiger partial charge in [0.2, 0.25) is 17.7 Å². The summed E-state index contributed by atoms with van der Waals surface area (Å²) in [5.41, 5.74) is 3.16. The maximum Gasteiger partial charge on any atom is 0.254 e. The SMILES string of the molecule is CC(=O)N[C@H](CS(=O)(=O)Cc1ccccc1)C(=O)N[C@@H](Cc1ccccc1)[C@H](O)C(=O)N1CSC(C)(C)[C@H]1C(=O)NCc1ccccc1C. The second-order valence-electron chi connectivity index (χ2n) is 12.8. The quantitative estimate of drug-likeness (QED) is 0.199. The molecule has 0 bridgehead atoms. The van der Waals surface area contributed by atoms with E-state index in [0.717, 1.165) is 11.1 Å². The molecule has 1 heterocycles. The largest absolute Gasteiger partial charge is 0.381 e. The highest BCUT2D eigenvalue weighted by Crippen LogP contribution is 2.40. The number of thioether (sulfide) groups is 1. The minimum absolute atomic E-state index is 0.0115. The molecule has 0 unspecified atom stereocenters. The van der Waals surface area contributed by atoms with Gasteiger partial charge in [0.15, 0.2) is 15.9 Å². The fourth-order valence-corrected chi connectivity index (χ4v) is 8.51. The van der Waals surface area contributed by atoms with Gasteiger partial charge in [0.05, 0.1) is 23.4 Å². The highest BCUT2D eigenvalue weighted by Gasteiger charge is 2.50. The third-order valence-electron chi connectivity index (χ3n) is 8.40. The van der Waals surface area contributed by atoms with Crippen molar-refractivity contribution in [2.75, 3.05) is 11.6 Å². The molecule has 11 nitrogen and oxygen atoms in total. The van der Waals surface area contributed by atoms with Crippen molar-refractivity contribution in [2.45, 2.75) is 75.4 Å². The summed E-state index contributed by atoms with van der Waals surface area (Å²) in [5.74, 6) is -3.55. The first kappa shape index (κ1) is 37.6. The zero-order chi connectivity index (χ0) is 35.8. The third kappa shape index (κ3) is 10.4. The van der Waals surface area contributed by atoms with Crippen LogP contribution >= 0.6 is 11.8 Å². The molecule has 4 atom stereocenters. The Balaban J connectivity index is 1.56. The van der Waals surface area contributed by atoms with Crippen molar-refractivity contribution in [2.24, 2.45) is 0 Å². The summed E-state index contributed by atoms with van der Waals surface area (Å²) in [5, 5.41) is 19.6. The first-order valence-electron chi connectivity index (χ1n) is 16.0. The molecule has 3 aromatic carbocycles. The van der Waals surface area contributed by atoms with Crippen molar-refractivity contribution in [1.29, 1.82) is 0 Å². The Morgan fingerprint density at radius 2 is 1.51 bits per heavy atom. The number of nitrogens with zero attached hydrogens (tertiary/aromatic N) is 1. The molecule has 0 spiro atoms. The molecule has 3 aromatic rings. The molecule has 1 aliphatic rings. The fourth-order valence-electron chi connectivity index (χ4n) is 5.80. The van der Waals surface area contributed by atoms with Crippen molar-refractivity contribution in [3.8, 4) is 0 Å².